The van der Waals surface area contributed by atoms with Gasteiger partial charge in [-0.15, -0.1) is 0 Å². The van der Waals surface area contributed by atoms with Gasteiger partial charge in [0.1, 0.15) is 0 Å². The molecule has 1 spiro atoms. The first kappa shape index (κ1) is 16.6. The van der Waals surface area contributed by atoms with Crippen LogP contribution in [-0.2, 0) is 9.47 Å². The predicted octanol–water partition coefficient (Wildman–Crippen LogP) is 2.31. The Morgan fingerprint density at radius 3 is 2.50 bits per heavy atom. The highest BCUT2D eigenvalue weighted by atomic mass is 16.5. The molecule has 136 valence electrons. The molecule has 1 saturated heterocycles. The highest BCUT2D eigenvalue weighted by molar-refractivity contribution is 5.81. The minimum atomic E-state index is -0.0560. The highest BCUT2D eigenvalue weighted by Crippen LogP contribution is 2.62. The van der Waals surface area contributed by atoms with Crippen LogP contribution in [0.5, 0.6) is 0 Å². The fourth-order valence-electron chi connectivity index (χ4n) is 5.66. The lowest BCUT2D eigenvalue weighted by atomic mass is 9.46. The second kappa shape index (κ2) is 5.34. The fourth-order valence-corrected chi connectivity index (χ4v) is 5.66. The molecule has 0 aromatic rings. The molecule has 1 heterocycles. The zero-order chi connectivity index (χ0) is 17.2. The van der Waals surface area contributed by atoms with Gasteiger partial charge in [0.05, 0.1) is 11.7 Å². The molecule has 0 aromatic carbocycles. The Balaban J connectivity index is 1.41. The quantitative estimate of drug-likeness (QED) is 0.614. The summed E-state index contributed by atoms with van der Waals surface area (Å²) in [6.45, 7) is 7.70. The summed E-state index contributed by atoms with van der Waals surface area (Å²) in [4.78, 5) is 4.52. The zero-order valence-corrected chi connectivity index (χ0v) is 15.8. The van der Waals surface area contributed by atoms with Crippen molar-refractivity contribution in [1.82, 2.24) is 10.6 Å². The maximum Gasteiger partial charge on any atom is 0.191 e. The van der Waals surface area contributed by atoms with Crippen LogP contribution in [0.3, 0.4) is 0 Å². The fraction of sp³-hybridized carbons (Fsp3) is 0.947. The van der Waals surface area contributed by atoms with Gasteiger partial charge in [-0.05, 0) is 32.6 Å². The third kappa shape index (κ3) is 1.97. The molecule has 5 heteroatoms. The zero-order valence-electron chi connectivity index (χ0n) is 15.8. The van der Waals surface area contributed by atoms with Crippen molar-refractivity contribution in [2.24, 2.45) is 21.7 Å². The van der Waals surface area contributed by atoms with E-state index in [-0.39, 0.29) is 11.0 Å². The van der Waals surface area contributed by atoms with Crippen LogP contribution >= 0.6 is 0 Å². The number of hydrogen-bond acceptors (Lipinski definition) is 3. The van der Waals surface area contributed by atoms with E-state index in [1.165, 1.54) is 25.7 Å². The van der Waals surface area contributed by atoms with E-state index < -0.39 is 0 Å². The van der Waals surface area contributed by atoms with Crippen LogP contribution in [0.15, 0.2) is 4.99 Å². The van der Waals surface area contributed by atoms with Crippen LogP contribution in [0, 0.1) is 16.7 Å². The van der Waals surface area contributed by atoms with Crippen molar-refractivity contribution in [1.29, 1.82) is 0 Å². The van der Waals surface area contributed by atoms with E-state index in [2.05, 4.69) is 36.4 Å². The molecule has 4 aliphatic rings. The number of rotatable bonds is 3. The molecule has 0 aromatic heterocycles. The van der Waals surface area contributed by atoms with Gasteiger partial charge in [-0.1, -0.05) is 20.3 Å². The summed E-state index contributed by atoms with van der Waals surface area (Å²) in [5, 5.41) is 7.43. The van der Waals surface area contributed by atoms with Crippen molar-refractivity contribution < 1.29 is 9.47 Å². The Kier molecular flexibility index (Phi) is 3.70. The first-order valence-electron chi connectivity index (χ1n) is 9.54. The Labute approximate surface area is 146 Å². The van der Waals surface area contributed by atoms with E-state index in [4.69, 9.17) is 9.47 Å². The SMILES string of the molecule is CN=C(NC1C2CCOC2C12CCC2)NC1CC(C)(OC)C1(C)C. The van der Waals surface area contributed by atoms with Crippen molar-refractivity contribution in [2.75, 3.05) is 20.8 Å². The number of nitrogens with zero attached hydrogens (tertiary/aromatic N) is 1. The summed E-state index contributed by atoms with van der Waals surface area (Å²) in [5.74, 6) is 1.62. The molecule has 0 bridgehead atoms. The summed E-state index contributed by atoms with van der Waals surface area (Å²) in [6, 6.07) is 0.920. The summed E-state index contributed by atoms with van der Waals surface area (Å²) in [6.07, 6.45) is 6.66. The summed E-state index contributed by atoms with van der Waals surface area (Å²) in [7, 11) is 3.70. The molecule has 5 nitrogen and oxygen atoms in total. The molecule has 1 aliphatic heterocycles. The van der Waals surface area contributed by atoms with Crippen LogP contribution in [0.25, 0.3) is 0 Å². The van der Waals surface area contributed by atoms with Crippen LogP contribution in [0.4, 0.5) is 0 Å². The Hall–Kier alpha value is -0.810. The Morgan fingerprint density at radius 1 is 1.21 bits per heavy atom. The average molecular weight is 335 g/mol. The maximum absolute atomic E-state index is 6.03. The molecule has 0 amide bonds. The van der Waals surface area contributed by atoms with Crippen molar-refractivity contribution in [2.45, 2.75) is 76.7 Å². The third-order valence-electron chi connectivity index (χ3n) is 8.14. The van der Waals surface area contributed by atoms with E-state index in [0.29, 0.717) is 29.5 Å². The summed E-state index contributed by atoms with van der Waals surface area (Å²) < 4.78 is 11.8. The smallest absolute Gasteiger partial charge is 0.191 e. The van der Waals surface area contributed by atoms with Gasteiger partial charge in [0.15, 0.2) is 5.96 Å². The van der Waals surface area contributed by atoms with Gasteiger partial charge in [-0.2, -0.15) is 0 Å². The van der Waals surface area contributed by atoms with Crippen LogP contribution in [0.2, 0.25) is 0 Å². The van der Waals surface area contributed by atoms with E-state index >= 15 is 0 Å². The number of aliphatic imine (C=N–C) groups is 1. The van der Waals surface area contributed by atoms with Crippen molar-refractivity contribution in [3.05, 3.63) is 0 Å². The lowest BCUT2D eigenvalue weighted by Gasteiger charge is -2.64. The third-order valence-corrected chi connectivity index (χ3v) is 8.14. The normalized spacial score (nSPS) is 45.0. The van der Waals surface area contributed by atoms with Gasteiger partial charge in [-0.25, -0.2) is 0 Å². The second-order valence-electron chi connectivity index (χ2n) is 9.08. The second-order valence-corrected chi connectivity index (χ2v) is 9.08. The first-order valence-corrected chi connectivity index (χ1v) is 9.54. The molecular weight excluding hydrogens is 302 g/mol. The van der Waals surface area contributed by atoms with Crippen LogP contribution < -0.4 is 10.6 Å². The molecule has 3 saturated carbocycles. The topological polar surface area (TPSA) is 54.9 Å². The van der Waals surface area contributed by atoms with Gasteiger partial charge < -0.3 is 20.1 Å². The molecule has 4 rings (SSSR count). The number of guanidine groups is 1. The van der Waals surface area contributed by atoms with Gasteiger partial charge in [0, 0.05) is 49.6 Å². The van der Waals surface area contributed by atoms with Gasteiger partial charge >= 0.3 is 0 Å². The number of nitrogens with one attached hydrogen (secondary N) is 2. The van der Waals surface area contributed by atoms with Gasteiger partial charge in [0.2, 0.25) is 0 Å². The Bertz CT molecular complexity index is 543. The number of methoxy groups -OCH3 is 1. The van der Waals surface area contributed by atoms with Gasteiger partial charge in [-0.3, -0.25) is 4.99 Å². The van der Waals surface area contributed by atoms with E-state index in [9.17, 15) is 0 Å². The van der Waals surface area contributed by atoms with Crippen molar-refractivity contribution >= 4 is 5.96 Å². The lowest BCUT2D eigenvalue weighted by molar-refractivity contribution is -0.178. The van der Waals surface area contributed by atoms with Crippen molar-refractivity contribution in [3.63, 3.8) is 0 Å². The van der Waals surface area contributed by atoms with Gasteiger partial charge in [0.25, 0.3) is 0 Å². The molecular formula is C19H33N3O2. The molecule has 0 radical (unpaired) electrons. The molecule has 5 unspecified atom stereocenters. The maximum atomic E-state index is 6.03. The minimum absolute atomic E-state index is 0.0560. The monoisotopic (exact) mass is 335 g/mol. The van der Waals surface area contributed by atoms with E-state index in [1.807, 2.05) is 14.2 Å². The van der Waals surface area contributed by atoms with E-state index in [1.54, 1.807) is 0 Å². The molecule has 4 fully saturated rings. The minimum Gasteiger partial charge on any atom is -0.378 e. The van der Waals surface area contributed by atoms with E-state index in [0.717, 1.165) is 19.0 Å². The largest absolute Gasteiger partial charge is 0.378 e. The summed E-state index contributed by atoms with van der Waals surface area (Å²) >= 11 is 0. The number of fused-ring (bicyclic) bond motifs is 2. The standard InChI is InChI=1S/C19H33N3O2/c1-17(2)13(11-18(17,3)23-5)21-16(20-4)22-14-12-7-10-24-15(12)19(14)8-6-9-19/h12-15H,6-11H2,1-5H3,(H2,20,21,22). The first-order chi connectivity index (χ1) is 11.4. The van der Waals surface area contributed by atoms with Crippen LogP contribution in [-0.4, -0.2) is 50.5 Å². The van der Waals surface area contributed by atoms with Crippen LogP contribution in [0.1, 0.15) is 52.9 Å². The van der Waals surface area contributed by atoms with Crippen molar-refractivity contribution in [3.8, 4) is 0 Å². The number of hydrogen-bond donors (Lipinski definition) is 2. The summed E-state index contributed by atoms with van der Waals surface area (Å²) in [5.41, 5.74) is 0.417. The average Bonchev–Trinajstić information content (AvgIpc) is 2.93. The predicted molar refractivity (Wildman–Crippen MR) is 95.1 cm³/mol. The Morgan fingerprint density at radius 2 is 1.96 bits per heavy atom. The number of ether oxygens (including phenoxy) is 2. The molecule has 5 atom stereocenters. The molecule has 3 aliphatic carbocycles. The molecule has 24 heavy (non-hydrogen) atoms. The lowest BCUT2D eigenvalue weighted by Crippen LogP contribution is -2.74. The highest BCUT2D eigenvalue weighted by Gasteiger charge is 2.67. The molecule has 2 N–H and O–H groups in total.